The number of benzene rings is 1. The molecule has 0 spiro atoms. The van der Waals surface area contributed by atoms with Gasteiger partial charge in [0.05, 0.1) is 7.11 Å². The number of anilines is 1. The predicted molar refractivity (Wildman–Crippen MR) is 84.5 cm³/mol. The van der Waals surface area contributed by atoms with Gasteiger partial charge >= 0.3 is 0 Å². The second-order valence-corrected chi connectivity index (χ2v) is 5.89. The lowest BCUT2D eigenvalue weighted by atomic mass is 10.0. The minimum atomic E-state index is 0.921. The van der Waals surface area contributed by atoms with E-state index >= 15 is 0 Å². The minimum Gasteiger partial charge on any atom is -0.496 e. The zero-order valence-corrected chi connectivity index (χ0v) is 13.5. The molecule has 0 fully saturated rings. The van der Waals surface area contributed by atoms with Gasteiger partial charge in [-0.2, -0.15) is 0 Å². The maximum atomic E-state index is 5.38. The smallest absolute Gasteiger partial charge is 0.204 e. The fourth-order valence-electron chi connectivity index (χ4n) is 2.65. The van der Waals surface area contributed by atoms with Crippen LogP contribution in [0.25, 0.3) is 11.3 Å². The molecule has 5 heteroatoms. The van der Waals surface area contributed by atoms with E-state index in [1.165, 1.54) is 5.56 Å². The predicted octanol–water partition coefficient (Wildman–Crippen LogP) is 3.75. The SMILES string of the molecule is COc1cc(C)c(-c2nc3n(c2Br)CCCN3)cc1C. The van der Waals surface area contributed by atoms with E-state index in [0.717, 1.165) is 52.6 Å². The molecule has 0 amide bonds. The Bertz CT molecular complexity index is 664. The van der Waals surface area contributed by atoms with Crippen molar-refractivity contribution in [2.75, 3.05) is 19.0 Å². The highest BCUT2D eigenvalue weighted by Gasteiger charge is 2.20. The lowest BCUT2D eigenvalue weighted by Gasteiger charge is -2.15. The summed E-state index contributed by atoms with van der Waals surface area (Å²) in [4.78, 5) is 4.74. The third-order valence-electron chi connectivity index (χ3n) is 3.74. The van der Waals surface area contributed by atoms with Crippen LogP contribution in [-0.4, -0.2) is 23.2 Å². The average molecular weight is 336 g/mol. The molecule has 1 aliphatic rings. The van der Waals surface area contributed by atoms with Gasteiger partial charge in [-0.25, -0.2) is 4.98 Å². The Morgan fingerprint density at radius 3 is 2.80 bits per heavy atom. The van der Waals surface area contributed by atoms with E-state index < -0.39 is 0 Å². The molecular weight excluding hydrogens is 318 g/mol. The highest BCUT2D eigenvalue weighted by atomic mass is 79.9. The standard InChI is InChI=1S/C15H18BrN3O/c1-9-8-12(20-3)10(2)7-11(9)13-14(16)19-6-4-5-17-15(19)18-13/h7-8H,4-6H2,1-3H3,(H,17,18). The summed E-state index contributed by atoms with van der Waals surface area (Å²) < 4.78 is 8.62. The number of halogens is 1. The van der Waals surface area contributed by atoms with Crippen LogP contribution >= 0.6 is 15.9 Å². The first kappa shape index (κ1) is 13.5. The van der Waals surface area contributed by atoms with E-state index in [-0.39, 0.29) is 0 Å². The van der Waals surface area contributed by atoms with Crippen molar-refractivity contribution in [3.8, 4) is 17.0 Å². The number of hydrogen-bond donors (Lipinski definition) is 1. The van der Waals surface area contributed by atoms with Gasteiger partial charge in [0, 0.05) is 18.7 Å². The molecule has 0 saturated heterocycles. The number of nitrogens with zero attached hydrogens (tertiary/aromatic N) is 2. The van der Waals surface area contributed by atoms with E-state index in [2.05, 4.69) is 51.8 Å². The molecule has 1 aromatic heterocycles. The number of nitrogens with one attached hydrogen (secondary N) is 1. The molecule has 1 N–H and O–H groups in total. The van der Waals surface area contributed by atoms with Crippen LogP contribution in [-0.2, 0) is 6.54 Å². The Morgan fingerprint density at radius 1 is 1.30 bits per heavy atom. The highest BCUT2D eigenvalue weighted by molar-refractivity contribution is 9.10. The summed E-state index contributed by atoms with van der Waals surface area (Å²) in [5.74, 6) is 1.87. The molecule has 106 valence electrons. The monoisotopic (exact) mass is 335 g/mol. The van der Waals surface area contributed by atoms with E-state index in [0.29, 0.717) is 0 Å². The number of aromatic nitrogens is 2. The van der Waals surface area contributed by atoms with E-state index in [4.69, 9.17) is 9.72 Å². The van der Waals surface area contributed by atoms with Gasteiger partial charge in [-0.15, -0.1) is 0 Å². The second kappa shape index (κ2) is 5.13. The van der Waals surface area contributed by atoms with Gasteiger partial charge in [-0.05, 0) is 59.5 Å². The number of ether oxygens (including phenoxy) is 1. The molecule has 0 atom stereocenters. The van der Waals surface area contributed by atoms with Crippen molar-refractivity contribution >= 4 is 21.9 Å². The molecule has 4 nitrogen and oxygen atoms in total. The van der Waals surface area contributed by atoms with Crippen molar-refractivity contribution in [1.82, 2.24) is 9.55 Å². The molecular formula is C15H18BrN3O. The molecule has 0 saturated carbocycles. The Hall–Kier alpha value is -1.49. The van der Waals surface area contributed by atoms with Gasteiger partial charge in [-0.1, -0.05) is 0 Å². The van der Waals surface area contributed by atoms with Crippen LogP contribution in [0.5, 0.6) is 5.75 Å². The van der Waals surface area contributed by atoms with Crippen molar-refractivity contribution in [1.29, 1.82) is 0 Å². The van der Waals surface area contributed by atoms with Crippen LogP contribution < -0.4 is 10.1 Å². The molecule has 1 aromatic carbocycles. The molecule has 2 heterocycles. The number of imidazole rings is 1. The van der Waals surface area contributed by atoms with Crippen molar-refractivity contribution in [3.63, 3.8) is 0 Å². The molecule has 1 aliphatic heterocycles. The fraction of sp³-hybridized carbons (Fsp3) is 0.400. The van der Waals surface area contributed by atoms with Crippen LogP contribution in [0, 0.1) is 13.8 Å². The summed E-state index contributed by atoms with van der Waals surface area (Å²) in [6, 6.07) is 4.22. The van der Waals surface area contributed by atoms with Crippen LogP contribution in [0.2, 0.25) is 0 Å². The van der Waals surface area contributed by atoms with E-state index in [9.17, 15) is 0 Å². The van der Waals surface area contributed by atoms with Crippen molar-refractivity contribution in [3.05, 3.63) is 27.9 Å². The lowest BCUT2D eigenvalue weighted by molar-refractivity contribution is 0.411. The van der Waals surface area contributed by atoms with Crippen LogP contribution in [0.1, 0.15) is 17.5 Å². The molecule has 0 unspecified atom stereocenters. The summed E-state index contributed by atoms with van der Waals surface area (Å²) in [6.45, 7) is 6.15. The Morgan fingerprint density at radius 2 is 2.10 bits per heavy atom. The third kappa shape index (κ3) is 2.10. The largest absolute Gasteiger partial charge is 0.496 e. The number of fused-ring (bicyclic) bond motifs is 1. The topological polar surface area (TPSA) is 39.1 Å². The zero-order valence-electron chi connectivity index (χ0n) is 12.0. The van der Waals surface area contributed by atoms with Gasteiger partial charge in [0.25, 0.3) is 0 Å². The summed E-state index contributed by atoms with van der Waals surface area (Å²) >= 11 is 3.70. The summed E-state index contributed by atoms with van der Waals surface area (Å²) in [7, 11) is 1.70. The van der Waals surface area contributed by atoms with Gasteiger partial charge in [0.2, 0.25) is 5.95 Å². The fourth-order valence-corrected chi connectivity index (χ4v) is 3.29. The molecule has 0 aliphatic carbocycles. The Labute approximate surface area is 127 Å². The van der Waals surface area contributed by atoms with E-state index in [1.807, 2.05) is 0 Å². The number of aryl methyl sites for hydroxylation is 2. The van der Waals surface area contributed by atoms with Crippen LogP contribution in [0.4, 0.5) is 5.95 Å². The minimum absolute atomic E-state index is 0.921. The van der Waals surface area contributed by atoms with Gasteiger partial charge in [-0.3, -0.25) is 0 Å². The first-order chi connectivity index (χ1) is 9.61. The summed E-state index contributed by atoms with van der Waals surface area (Å²) in [5, 5.41) is 3.35. The maximum Gasteiger partial charge on any atom is 0.204 e. The van der Waals surface area contributed by atoms with Crippen LogP contribution in [0.15, 0.2) is 16.7 Å². The van der Waals surface area contributed by atoms with Gasteiger partial charge in [0.1, 0.15) is 16.0 Å². The quantitative estimate of drug-likeness (QED) is 0.908. The van der Waals surface area contributed by atoms with Gasteiger partial charge < -0.3 is 14.6 Å². The highest BCUT2D eigenvalue weighted by Crippen LogP contribution is 2.36. The first-order valence-corrected chi connectivity index (χ1v) is 7.56. The van der Waals surface area contributed by atoms with Crippen molar-refractivity contribution < 1.29 is 4.74 Å². The molecule has 2 aromatic rings. The number of methoxy groups -OCH3 is 1. The van der Waals surface area contributed by atoms with Gasteiger partial charge in [0.15, 0.2) is 0 Å². The lowest BCUT2D eigenvalue weighted by Crippen LogP contribution is -2.17. The molecule has 3 rings (SSSR count). The van der Waals surface area contributed by atoms with Crippen molar-refractivity contribution in [2.45, 2.75) is 26.8 Å². The Balaban J connectivity index is 2.14. The number of rotatable bonds is 2. The van der Waals surface area contributed by atoms with E-state index in [1.54, 1.807) is 7.11 Å². The normalized spacial score (nSPS) is 13.8. The molecule has 0 radical (unpaired) electrons. The third-order valence-corrected chi connectivity index (χ3v) is 4.55. The molecule has 20 heavy (non-hydrogen) atoms. The van der Waals surface area contributed by atoms with Crippen molar-refractivity contribution in [2.24, 2.45) is 0 Å². The average Bonchev–Trinajstić information content (AvgIpc) is 2.78. The number of hydrogen-bond acceptors (Lipinski definition) is 3. The maximum absolute atomic E-state index is 5.38. The summed E-state index contributed by atoms with van der Waals surface area (Å²) in [5.41, 5.74) is 4.44. The zero-order chi connectivity index (χ0) is 14.3. The molecule has 0 bridgehead atoms. The van der Waals surface area contributed by atoms with Crippen LogP contribution in [0.3, 0.4) is 0 Å². The first-order valence-electron chi connectivity index (χ1n) is 6.77. The summed E-state index contributed by atoms with van der Waals surface area (Å²) in [6.07, 6.45) is 1.13. The Kier molecular flexibility index (Phi) is 3.46. The second-order valence-electron chi connectivity index (χ2n) is 5.14.